The molecule has 3 N–H and O–H groups in total. The summed E-state index contributed by atoms with van der Waals surface area (Å²) in [5.74, 6) is 1.33. The SMILES string of the molecule is CCNC(=NCc1cc2c(cc1OC(F)F)OCO2)NCC1(O)CCC1.I. The van der Waals surface area contributed by atoms with Gasteiger partial charge in [0.1, 0.15) is 5.75 Å². The van der Waals surface area contributed by atoms with Crippen LogP contribution in [-0.2, 0) is 6.54 Å². The number of nitrogens with one attached hydrogen (secondary N) is 2. The number of rotatable bonds is 7. The number of nitrogens with zero attached hydrogens (tertiary/aromatic N) is 1. The van der Waals surface area contributed by atoms with Gasteiger partial charge in [-0.3, -0.25) is 0 Å². The number of alkyl halides is 2. The van der Waals surface area contributed by atoms with Gasteiger partial charge in [0.2, 0.25) is 6.79 Å². The van der Waals surface area contributed by atoms with Crippen LogP contribution in [0, 0.1) is 0 Å². The van der Waals surface area contributed by atoms with Gasteiger partial charge >= 0.3 is 6.61 Å². The highest BCUT2D eigenvalue weighted by Crippen LogP contribution is 2.39. The molecule has 3 rings (SSSR count). The molecule has 27 heavy (non-hydrogen) atoms. The first-order chi connectivity index (χ1) is 12.5. The van der Waals surface area contributed by atoms with Gasteiger partial charge in [0, 0.05) is 24.7 Å². The van der Waals surface area contributed by atoms with Crippen LogP contribution in [0.25, 0.3) is 0 Å². The molecule has 0 spiro atoms. The second-order valence-corrected chi connectivity index (χ2v) is 6.32. The number of aliphatic imine (C=N–C) groups is 1. The van der Waals surface area contributed by atoms with E-state index in [4.69, 9.17) is 9.47 Å². The Kier molecular flexibility index (Phi) is 7.71. The van der Waals surface area contributed by atoms with Crippen molar-refractivity contribution >= 4 is 29.9 Å². The Morgan fingerprint density at radius 1 is 1.30 bits per heavy atom. The van der Waals surface area contributed by atoms with Crippen LogP contribution in [0.5, 0.6) is 17.2 Å². The van der Waals surface area contributed by atoms with Crippen molar-refractivity contribution in [3.63, 3.8) is 0 Å². The fourth-order valence-electron chi connectivity index (χ4n) is 2.81. The summed E-state index contributed by atoms with van der Waals surface area (Å²) in [6.45, 7) is 0.135. The number of halogens is 3. The van der Waals surface area contributed by atoms with Crippen molar-refractivity contribution in [2.24, 2.45) is 4.99 Å². The maximum Gasteiger partial charge on any atom is 0.387 e. The second-order valence-electron chi connectivity index (χ2n) is 6.32. The number of benzene rings is 1. The molecule has 0 bridgehead atoms. The minimum absolute atomic E-state index is 0. The molecular weight excluding hydrogens is 475 g/mol. The van der Waals surface area contributed by atoms with Crippen molar-refractivity contribution in [2.45, 2.75) is 44.9 Å². The Balaban J connectivity index is 0.00000261. The third kappa shape index (κ3) is 5.71. The molecule has 1 fully saturated rings. The molecule has 1 aromatic carbocycles. The summed E-state index contributed by atoms with van der Waals surface area (Å²) < 4.78 is 40.4. The largest absolute Gasteiger partial charge is 0.454 e. The van der Waals surface area contributed by atoms with Crippen molar-refractivity contribution in [1.29, 1.82) is 0 Å². The molecule has 0 saturated heterocycles. The van der Waals surface area contributed by atoms with E-state index in [1.54, 1.807) is 6.07 Å². The number of hydrogen-bond donors (Lipinski definition) is 3. The molecule has 1 saturated carbocycles. The van der Waals surface area contributed by atoms with E-state index in [9.17, 15) is 13.9 Å². The summed E-state index contributed by atoms with van der Waals surface area (Å²) in [5, 5.41) is 16.3. The Labute approximate surface area is 173 Å². The average Bonchev–Trinajstić information content (AvgIpc) is 3.02. The number of fused-ring (bicyclic) bond motifs is 1. The standard InChI is InChI=1S/C17H23F2N3O4.HI/c1-2-20-16(22-9-17(23)4-3-5-17)21-8-11-6-13-14(25-10-24-13)7-12(11)26-15(18)19;/h6-7,15,23H,2-5,8-10H2,1H3,(H2,20,21,22);1H. The number of guanidine groups is 1. The Morgan fingerprint density at radius 3 is 2.59 bits per heavy atom. The van der Waals surface area contributed by atoms with Crippen molar-refractivity contribution in [2.75, 3.05) is 19.9 Å². The van der Waals surface area contributed by atoms with Gasteiger partial charge in [-0.15, -0.1) is 24.0 Å². The van der Waals surface area contributed by atoms with E-state index in [-0.39, 0.29) is 43.1 Å². The van der Waals surface area contributed by atoms with Crippen molar-refractivity contribution < 1.29 is 28.1 Å². The van der Waals surface area contributed by atoms with E-state index >= 15 is 0 Å². The lowest BCUT2D eigenvalue weighted by molar-refractivity contribution is -0.0505. The normalized spacial score (nSPS) is 17.1. The van der Waals surface area contributed by atoms with Crippen LogP contribution in [0.4, 0.5) is 8.78 Å². The summed E-state index contributed by atoms with van der Waals surface area (Å²) in [5.41, 5.74) is -0.243. The van der Waals surface area contributed by atoms with Gasteiger partial charge in [-0.25, -0.2) is 4.99 Å². The maximum atomic E-state index is 12.7. The van der Waals surface area contributed by atoms with Gasteiger partial charge in [-0.2, -0.15) is 8.78 Å². The molecule has 0 atom stereocenters. The van der Waals surface area contributed by atoms with E-state index in [0.717, 1.165) is 19.3 Å². The minimum atomic E-state index is -2.95. The molecule has 7 nitrogen and oxygen atoms in total. The maximum absolute atomic E-state index is 12.7. The van der Waals surface area contributed by atoms with Crippen molar-refractivity contribution in [3.05, 3.63) is 17.7 Å². The van der Waals surface area contributed by atoms with Gasteiger partial charge in [-0.1, -0.05) is 0 Å². The van der Waals surface area contributed by atoms with Crippen LogP contribution in [0.2, 0.25) is 0 Å². The number of aliphatic hydroxyl groups is 1. The lowest BCUT2D eigenvalue weighted by Gasteiger charge is -2.37. The molecule has 1 aliphatic carbocycles. The highest BCUT2D eigenvalue weighted by Gasteiger charge is 2.34. The molecule has 0 amide bonds. The first-order valence-corrected chi connectivity index (χ1v) is 8.61. The highest BCUT2D eigenvalue weighted by molar-refractivity contribution is 14.0. The summed E-state index contributed by atoms with van der Waals surface area (Å²) >= 11 is 0. The summed E-state index contributed by atoms with van der Waals surface area (Å²) in [6.07, 6.45) is 2.53. The third-order valence-corrected chi connectivity index (χ3v) is 4.39. The summed E-state index contributed by atoms with van der Waals surface area (Å²) in [6, 6.07) is 2.98. The van der Waals surface area contributed by atoms with Crippen molar-refractivity contribution in [3.8, 4) is 17.2 Å². The van der Waals surface area contributed by atoms with Crippen molar-refractivity contribution in [1.82, 2.24) is 10.6 Å². The smallest absolute Gasteiger partial charge is 0.387 e. The highest BCUT2D eigenvalue weighted by atomic mass is 127. The van der Waals surface area contributed by atoms with Crippen LogP contribution in [0.1, 0.15) is 31.7 Å². The third-order valence-electron chi connectivity index (χ3n) is 4.39. The van der Waals surface area contributed by atoms with E-state index in [0.29, 0.717) is 36.1 Å². The topological polar surface area (TPSA) is 84.3 Å². The van der Waals surface area contributed by atoms with E-state index in [1.807, 2.05) is 6.92 Å². The van der Waals surface area contributed by atoms with Gasteiger partial charge in [0.25, 0.3) is 0 Å². The van der Waals surface area contributed by atoms with E-state index in [2.05, 4.69) is 20.4 Å². The fourth-order valence-corrected chi connectivity index (χ4v) is 2.81. The molecular formula is C17H24F2IN3O4. The lowest BCUT2D eigenvalue weighted by atomic mass is 9.80. The van der Waals surface area contributed by atoms with Gasteiger partial charge in [0.15, 0.2) is 17.5 Å². The average molecular weight is 499 g/mol. The summed E-state index contributed by atoms with van der Waals surface area (Å²) in [7, 11) is 0. The molecule has 152 valence electrons. The quantitative estimate of drug-likeness (QED) is 0.304. The van der Waals surface area contributed by atoms with Gasteiger partial charge < -0.3 is 30.0 Å². The van der Waals surface area contributed by atoms with Crippen LogP contribution in [-0.4, -0.2) is 43.2 Å². The monoisotopic (exact) mass is 499 g/mol. The number of ether oxygens (including phenoxy) is 3. The lowest BCUT2D eigenvalue weighted by Crippen LogP contribution is -2.50. The van der Waals surface area contributed by atoms with Crippen LogP contribution >= 0.6 is 24.0 Å². The zero-order chi connectivity index (χ0) is 18.6. The van der Waals surface area contributed by atoms with Gasteiger partial charge in [-0.05, 0) is 32.3 Å². The molecule has 0 radical (unpaired) electrons. The van der Waals surface area contributed by atoms with Crippen LogP contribution in [0.15, 0.2) is 17.1 Å². The van der Waals surface area contributed by atoms with Crippen LogP contribution < -0.4 is 24.8 Å². The summed E-state index contributed by atoms with van der Waals surface area (Å²) in [4.78, 5) is 4.40. The number of hydrogen-bond acceptors (Lipinski definition) is 5. The first kappa shape index (κ1) is 21.7. The van der Waals surface area contributed by atoms with Crippen LogP contribution in [0.3, 0.4) is 0 Å². The molecule has 2 aliphatic rings. The molecule has 1 heterocycles. The molecule has 0 unspecified atom stereocenters. The molecule has 1 aliphatic heterocycles. The van der Waals surface area contributed by atoms with E-state index < -0.39 is 12.2 Å². The minimum Gasteiger partial charge on any atom is -0.454 e. The zero-order valence-corrected chi connectivity index (χ0v) is 17.3. The molecule has 0 aromatic heterocycles. The Hall–Kier alpha value is -1.56. The Bertz CT molecular complexity index is 672. The molecule has 1 aromatic rings. The zero-order valence-electron chi connectivity index (χ0n) is 15.0. The predicted molar refractivity (Wildman–Crippen MR) is 106 cm³/mol. The second kappa shape index (κ2) is 9.58. The fraction of sp³-hybridized carbons (Fsp3) is 0.588. The molecule has 10 heteroatoms. The first-order valence-electron chi connectivity index (χ1n) is 8.61. The van der Waals surface area contributed by atoms with E-state index in [1.165, 1.54) is 6.07 Å². The Morgan fingerprint density at radius 2 is 2.00 bits per heavy atom. The van der Waals surface area contributed by atoms with Gasteiger partial charge in [0.05, 0.1) is 12.1 Å². The predicted octanol–water partition coefficient (Wildman–Crippen LogP) is 2.60.